The Kier molecular flexibility index (Phi) is 5.47. The lowest BCUT2D eigenvalue weighted by Crippen LogP contribution is -2.03. The van der Waals surface area contributed by atoms with Gasteiger partial charge in [-0.15, -0.1) is 11.8 Å². The van der Waals surface area contributed by atoms with Crippen molar-refractivity contribution in [3.63, 3.8) is 0 Å². The summed E-state index contributed by atoms with van der Waals surface area (Å²) in [7, 11) is 0. The first-order valence-electron chi connectivity index (χ1n) is 4.86. The Hall–Kier alpha value is -0.220. The molecule has 0 aliphatic rings. The van der Waals surface area contributed by atoms with Crippen LogP contribution >= 0.6 is 24.4 Å². The highest BCUT2D eigenvalue weighted by Gasteiger charge is 2.08. The fraction of sp³-hybridized carbons (Fsp3) is 0.455. The molecule has 4 heteroatoms. The molecular formula is C11H14F2S2. The number of hydrogen-bond donors (Lipinski definition) is 1. The number of halogens is 2. The van der Waals surface area contributed by atoms with Crippen LogP contribution in [0.15, 0.2) is 23.1 Å². The Morgan fingerprint density at radius 3 is 2.73 bits per heavy atom. The summed E-state index contributed by atoms with van der Waals surface area (Å²) >= 11 is 5.56. The highest BCUT2D eigenvalue weighted by atomic mass is 32.2. The minimum Gasteiger partial charge on any atom is -0.207 e. The molecule has 0 radical (unpaired) electrons. The molecule has 1 aromatic rings. The summed E-state index contributed by atoms with van der Waals surface area (Å²) < 4.78 is 26.1. The van der Waals surface area contributed by atoms with E-state index in [-0.39, 0.29) is 5.82 Å². The van der Waals surface area contributed by atoms with E-state index in [0.29, 0.717) is 10.8 Å². The second-order valence-corrected chi connectivity index (χ2v) is 4.77. The summed E-state index contributed by atoms with van der Waals surface area (Å²) in [6.45, 7) is 2.07. The Labute approximate surface area is 98.9 Å². The van der Waals surface area contributed by atoms with E-state index in [2.05, 4.69) is 19.6 Å². The lowest BCUT2D eigenvalue weighted by atomic mass is 10.2. The summed E-state index contributed by atoms with van der Waals surface area (Å²) in [5, 5.41) is 0. The maximum Gasteiger partial charge on any atom is 0.136 e. The van der Waals surface area contributed by atoms with Crippen LogP contribution in [0, 0.1) is 17.6 Å². The molecular weight excluding hydrogens is 234 g/mol. The van der Waals surface area contributed by atoms with E-state index in [1.165, 1.54) is 23.9 Å². The maximum atomic E-state index is 13.2. The maximum absolute atomic E-state index is 13.2. The van der Waals surface area contributed by atoms with E-state index in [9.17, 15) is 8.78 Å². The van der Waals surface area contributed by atoms with E-state index in [4.69, 9.17) is 0 Å². The molecule has 0 saturated carbocycles. The SMILES string of the molecule is CCC(CS)CSc1cc(F)ccc1F. The quantitative estimate of drug-likeness (QED) is 0.607. The molecule has 0 aliphatic heterocycles. The molecule has 15 heavy (non-hydrogen) atoms. The van der Waals surface area contributed by atoms with Gasteiger partial charge in [-0.2, -0.15) is 12.6 Å². The molecule has 1 unspecified atom stereocenters. The summed E-state index contributed by atoms with van der Waals surface area (Å²) in [5.74, 6) is 1.26. The van der Waals surface area contributed by atoms with E-state index >= 15 is 0 Å². The molecule has 0 saturated heterocycles. The highest BCUT2D eigenvalue weighted by molar-refractivity contribution is 7.99. The highest BCUT2D eigenvalue weighted by Crippen LogP contribution is 2.25. The minimum atomic E-state index is -0.391. The molecule has 0 bridgehead atoms. The Morgan fingerprint density at radius 2 is 2.13 bits per heavy atom. The number of thioether (sulfide) groups is 1. The molecule has 1 atom stereocenters. The number of hydrogen-bond acceptors (Lipinski definition) is 2. The molecule has 0 fully saturated rings. The van der Waals surface area contributed by atoms with Gasteiger partial charge in [-0.25, -0.2) is 8.78 Å². The van der Waals surface area contributed by atoms with Crippen molar-refractivity contribution in [2.24, 2.45) is 5.92 Å². The van der Waals surface area contributed by atoms with Crippen molar-refractivity contribution < 1.29 is 8.78 Å². The van der Waals surface area contributed by atoms with Gasteiger partial charge in [0.2, 0.25) is 0 Å². The van der Waals surface area contributed by atoms with Crippen molar-refractivity contribution in [3.8, 4) is 0 Å². The second-order valence-electron chi connectivity index (χ2n) is 3.34. The van der Waals surface area contributed by atoms with Gasteiger partial charge in [0, 0.05) is 10.6 Å². The first kappa shape index (κ1) is 12.8. The summed E-state index contributed by atoms with van der Waals surface area (Å²) in [6.07, 6.45) is 1.01. The fourth-order valence-corrected chi connectivity index (χ4v) is 2.83. The predicted octanol–water partition coefficient (Wildman–Crippen LogP) is 4.01. The van der Waals surface area contributed by atoms with Crippen LogP contribution in [0.5, 0.6) is 0 Å². The molecule has 0 amide bonds. The van der Waals surface area contributed by atoms with E-state index in [1.807, 2.05) is 0 Å². The largest absolute Gasteiger partial charge is 0.207 e. The third kappa shape index (κ3) is 4.03. The van der Waals surface area contributed by atoms with Crippen LogP contribution in [-0.2, 0) is 0 Å². The minimum absolute atomic E-state index is 0.351. The van der Waals surface area contributed by atoms with Gasteiger partial charge >= 0.3 is 0 Å². The monoisotopic (exact) mass is 248 g/mol. The molecule has 0 spiro atoms. The number of rotatable bonds is 5. The standard InChI is InChI=1S/C11H14F2S2/c1-2-8(6-14)7-15-11-5-9(12)3-4-10(11)13/h3-5,8,14H,2,6-7H2,1H3. The van der Waals surface area contributed by atoms with Gasteiger partial charge in [-0.1, -0.05) is 13.3 Å². The third-order valence-corrected chi connectivity index (χ3v) is 3.98. The fourth-order valence-electron chi connectivity index (χ4n) is 1.10. The molecule has 0 aliphatic carbocycles. The summed E-state index contributed by atoms with van der Waals surface area (Å²) in [5.41, 5.74) is 0. The number of benzene rings is 1. The van der Waals surface area contributed by atoms with Crippen molar-refractivity contribution in [2.75, 3.05) is 11.5 Å². The lowest BCUT2D eigenvalue weighted by molar-refractivity contribution is 0.576. The molecule has 0 N–H and O–H groups in total. The van der Waals surface area contributed by atoms with Crippen LogP contribution in [0.25, 0.3) is 0 Å². The van der Waals surface area contributed by atoms with Crippen LogP contribution in [0.3, 0.4) is 0 Å². The normalized spacial score (nSPS) is 12.8. The average Bonchev–Trinajstić information content (AvgIpc) is 2.24. The van der Waals surface area contributed by atoms with Gasteiger partial charge in [0.1, 0.15) is 11.6 Å². The Bertz CT molecular complexity index is 311. The predicted molar refractivity (Wildman–Crippen MR) is 64.7 cm³/mol. The molecule has 1 aromatic carbocycles. The Morgan fingerprint density at radius 1 is 1.40 bits per heavy atom. The zero-order valence-electron chi connectivity index (χ0n) is 8.54. The Balaban J connectivity index is 2.60. The average molecular weight is 248 g/mol. The third-order valence-electron chi connectivity index (χ3n) is 2.20. The van der Waals surface area contributed by atoms with Crippen molar-refractivity contribution >= 4 is 24.4 Å². The van der Waals surface area contributed by atoms with Crippen molar-refractivity contribution in [1.29, 1.82) is 0 Å². The van der Waals surface area contributed by atoms with Gasteiger partial charge in [-0.3, -0.25) is 0 Å². The molecule has 0 aromatic heterocycles. The van der Waals surface area contributed by atoms with Crippen LogP contribution in [0.2, 0.25) is 0 Å². The van der Waals surface area contributed by atoms with Crippen molar-refractivity contribution in [1.82, 2.24) is 0 Å². The van der Waals surface area contributed by atoms with Gasteiger partial charge in [0.25, 0.3) is 0 Å². The summed E-state index contributed by atoms with van der Waals surface area (Å²) in [6, 6.07) is 3.54. The zero-order chi connectivity index (χ0) is 11.3. The van der Waals surface area contributed by atoms with E-state index in [1.54, 1.807) is 0 Å². The summed E-state index contributed by atoms with van der Waals surface area (Å²) in [4.78, 5) is 0.384. The van der Waals surface area contributed by atoms with Crippen LogP contribution in [-0.4, -0.2) is 11.5 Å². The van der Waals surface area contributed by atoms with Crippen LogP contribution in [0.4, 0.5) is 8.78 Å². The van der Waals surface area contributed by atoms with Gasteiger partial charge in [-0.05, 0) is 29.9 Å². The zero-order valence-corrected chi connectivity index (χ0v) is 10.3. The topological polar surface area (TPSA) is 0 Å². The molecule has 84 valence electrons. The van der Waals surface area contributed by atoms with E-state index in [0.717, 1.165) is 24.0 Å². The van der Waals surface area contributed by atoms with Crippen LogP contribution in [0.1, 0.15) is 13.3 Å². The van der Waals surface area contributed by atoms with Gasteiger partial charge in [0.05, 0.1) is 0 Å². The lowest BCUT2D eigenvalue weighted by Gasteiger charge is -2.11. The van der Waals surface area contributed by atoms with Crippen molar-refractivity contribution in [3.05, 3.63) is 29.8 Å². The molecule has 1 rings (SSSR count). The first-order valence-corrected chi connectivity index (χ1v) is 6.47. The smallest absolute Gasteiger partial charge is 0.136 e. The van der Waals surface area contributed by atoms with Gasteiger partial charge < -0.3 is 0 Å². The number of thiol groups is 1. The first-order chi connectivity index (χ1) is 7.17. The van der Waals surface area contributed by atoms with E-state index < -0.39 is 5.82 Å². The molecule has 0 heterocycles. The van der Waals surface area contributed by atoms with Crippen molar-refractivity contribution in [2.45, 2.75) is 18.2 Å². The second kappa shape index (κ2) is 6.38. The van der Waals surface area contributed by atoms with Crippen LogP contribution < -0.4 is 0 Å². The molecule has 0 nitrogen and oxygen atoms in total. The van der Waals surface area contributed by atoms with Gasteiger partial charge in [0.15, 0.2) is 0 Å².